The van der Waals surface area contributed by atoms with E-state index in [1.165, 1.54) is 11.3 Å². The zero-order valence-electron chi connectivity index (χ0n) is 15.6. The van der Waals surface area contributed by atoms with Gasteiger partial charge in [-0.05, 0) is 28.1 Å². The van der Waals surface area contributed by atoms with Crippen LogP contribution in [0.4, 0.5) is 0 Å². The molecule has 0 aliphatic heterocycles. The van der Waals surface area contributed by atoms with E-state index in [1.807, 2.05) is 66.0 Å². The summed E-state index contributed by atoms with van der Waals surface area (Å²) in [6.07, 6.45) is 0.428. The van der Waals surface area contributed by atoms with Crippen LogP contribution < -0.4 is 5.32 Å². The topological polar surface area (TPSA) is 55.4 Å². The fourth-order valence-corrected chi connectivity index (χ4v) is 3.49. The zero-order chi connectivity index (χ0) is 19.6. The van der Waals surface area contributed by atoms with Crippen molar-refractivity contribution in [2.24, 2.45) is 0 Å². The fourth-order valence-electron chi connectivity index (χ4n) is 2.79. The van der Waals surface area contributed by atoms with Crippen LogP contribution in [0.15, 0.2) is 72.1 Å². The van der Waals surface area contributed by atoms with Crippen LogP contribution in [0.25, 0.3) is 0 Å². The molecule has 1 amide bonds. The minimum absolute atomic E-state index is 0.0138. The molecule has 0 saturated heterocycles. The normalized spacial score (nSPS) is 10.6. The van der Waals surface area contributed by atoms with E-state index in [4.69, 9.17) is 4.74 Å². The zero-order valence-corrected chi connectivity index (χ0v) is 16.4. The maximum Gasteiger partial charge on any atom is 0.220 e. The summed E-state index contributed by atoms with van der Waals surface area (Å²) in [5.41, 5.74) is 3.20. The molecule has 0 fully saturated rings. The molecule has 1 N–H and O–H groups in total. The summed E-state index contributed by atoms with van der Waals surface area (Å²) >= 11 is 1.41. The first-order chi connectivity index (χ1) is 13.7. The standard InChI is InChI=1S/C23H23NO3S/c25-21(22-11-6-14-28-22)12-13-23(26)24-15-19-9-4-5-10-20(19)17-27-16-18-7-2-1-3-8-18/h1-11,14H,12-13,15-17H2,(H,24,26). The van der Waals surface area contributed by atoms with Crippen molar-refractivity contribution < 1.29 is 14.3 Å². The molecule has 0 unspecified atom stereocenters. The lowest BCUT2D eigenvalue weighted by Crippen LogP contribution is -2.23. The summed E-state index contributed by atoms with van der Waals surface area (Å²) in [7, 11) is 0. The molecule has 0 aliphatic carbocycles. The van der Waals surface area contributed by atoms with Gasteiger partial charge in [0.2, 0.25) is 5.91 Å². The molecule has 3 rings (SSSR count). The molecular formula is C23H23NO3S. The number of amides is 1. The SMILES string of the molecule is O=C(CCC(=O)c1cccs1)NCc1ccccc1COCc1ccccc1. The predicted molar refractivity (Wildman–Crippen MR) is 111 cm³/mol. The van der Waals surface area contributed by atoms with Crippen molar-refractivity contribution in [1.82, 2.24) is 5.32 Å². The van der Waals surface area contributed by atoms with Gasteiger partial charge in [-0.3, -0.25) is 9.59 Å². The molecule has 28 heavy (non-hydrogen) atoms. The Morgan fingerprint density at radius 2 is 1.57 bits per heavy atom. The molecule has 0 bridgehead atoms. The van der Waals surface area contributed by atoms with E-state index in [9.17, 15) is 9.59 Å². The average Bonchev–Trinajstić information content (AvgIpc) is 3.27. The highest BCUT2D eigenvalue weighted by atomic mass is 32.1. The van der Waals surface area contributed by atoms with Gasteiger partial charge in [0.25, 0.3) is 0 Å². The molecule has 0 atom stereocenters. The maximum absolute atomic E-state index is 12.1. The Hall–Kier alpha value is -2.76. The Bertz CT molecular complexity index is 891. The quantitative estimate of drug-likeness (QED) is 0.506. The van der Waals surface area contributed by atoms with E-state index in [2.05, 4.69) is 5.32 Å². The van der Waals surface area contributed by atoms with Crippen LogP contribution in [-0.4, -0.2) is 11.7 Å². The van der Waals surface area contributed by atoms with Crippen molar-refractivity contribution in [2.75, 3.05) is 0 Å². The lowest BCUT2D eigenvalue weighted by Gasteiger charge is -2.11. The maximum atomic E-state index is 12.1. The van der Waals surface area contributed by atoms with Gasteiger partial charge in [0.15, 0.2) is 5.78 Å². The van der Waals surface area contributed by atoms with Crippen molar-refractivity contribution in [2.45, 2.75) is 32.6 Å². The van der Waals surface area contributed by atoms with Crippen LogP contribution in [0.1, 0.15) is 39.2 Å². The molecule has 5 heteroatoms. The molecule has 0 aliphatic rings. The van der Waals surface area contributed by atoms with Crippen molar-refractivity contribution in [3.8, 4) is 0 Å². The Balaban J connectivity index is 1.45. The van der Waals surface area contributed by atoms with Crippen LogP contribution in [0.2, 0.25) is 0 Å². The Kier molecular flexibility index (Phi) is 7.53. The van der Waals surface area contributed by atoms with Gasteiger partial charge >= 0.3 is 0 Å². The van der Waals surface area contributed by atoms with Gasteiger partial charge in [0.05, 0.1) is 18.1 Å². The van der Waals surface area contributed by atoms with Crippen LogP contribution in [0.5, 0.6) is 0 Å². The van der Waals surface area contributed by atoms with Crippen molar-refractivity contribution in [1.29, 1.82) is 0 Å². The number of hydrogen-bond acceptors (Lipinski definition) is 4. The number of nitrogens with one attached hydrogen (secondary N) is 1. The number of carbonyl (C=O) groups is 2. The monoisotopic (exact) mass is 393 g/mol. The first kappa shape index (κ1) is 20.0. The van der Waals surface area contributed by atoms with Gasteiger partial charge in [0, 0.05) is 19.4 Å². The third-order valence-electron chi connectivity index (χ3n) is 4.34. The van der Waals surface area contributed by atoms with E-state index in [0.717, 1.165) is 16.7 Å². The van der Waals surface area contributed by atoms with E-state index >= 15 is 0 Å². The predicted octanol–water partition coefficient (Wildman–Crippen LogP) is 4.74. The molecular weight excluding hydrogens is 370 g/mol. The molecule has 3 aromatic rings. The number of carbonyl (C=O) groups excluding carboxylic acids is 2. The largest absolute Gasteiger partial charge is 0.372 e. The van der Waals surface area contributed by atoms with E-state index in [0.29, 0.717) is 24.6 Å². The number of ether oxygens (including phenoxy) is 1. The second kappa shape index (κ2) is 10.5. The number of benzene rings is 2. The van der Waals surface area contributed by atoms with Crippen LogP contribution in [0, 0.1) is 0 Å². The summed E-state index contributed by atoms with van der Waals surface area (Å²) in [6.45, 7) is 1.46. The van der Waals surface area contributed by atoms with E-state index < -0.39 is 0 Å². The average molecular weight is 394 g/mol. The third-order valence-corrected chi connectivity index (χ3v) is 5.25. The smallest absolute Gasteiger partial charge is 0.220 e. The minimum atomic E-state index is -0.120. The number of hydrogen-bond donors (Lipinski definition) is 1. The van der Waals surface area contributed by atoms with Crippen molar-refractivity contribution >= 4 is 23.0 Å². The summed E-state index contributed by atoms with van der Waals surface area (Å²) in [5, 5.41) is 4.77. The summed E-state index contributed by atoms with van der Waals surface area (Å²) in [6, 6.07) is 21.6. The van der Waals surface area contributed by atoms with Crippen LogP contribution in [-0.2, 0) is 29.3 Å². The lowest BCUT2D eigenvalue weighted by atomic mass is 10.1. The minimum Gasteiger partial charge on any atom is -0.372 e. The lowest BCUT2D eigenvalue weighted by molar-refractivity contribution is -0.121. The number of Topliss-reactive ketones (excluding diaryl/α,β-unsaturated/α-hetero) is 1. The number of rotatable bonds is 10. The van der Waals surface area contributed by atoms with E-state index in [-0.39, 0.29) is 24.5 Å². The highest BCUT2D eigenvalue weighted by Gasteiger charge is 2.10. The molecule has 144 valence electrons. The highest BCUT2D eigenvalue weighted by Crippen LogP contribution is 2.14. The molecule has 1 aromatic heterocycles. The van der Waals surface area contributed by atoms with Gasteiger partial charge in [-0.2, -0.15) is 0 Å². The van der Waals surface area contributed by atoms with E-state index in [1.54, 1.807) is 6.07 Å². The summed E-state index contributed by atoms with van der Waals surface area (Å²) < 4.78 is 5.82. The molecule has 4 nitrogen and oxygen atoms in total. The summed E-state index contributed by atoms with van der Waals surface area (Å²) in [4.78, 5) is 24.8. The first-order valence-corrected chi connectivity index (χ1v) is 10.1. The molecule has 0 radical (unpaired) electrons. The molecule has 1 heterocycles. The van der Waals surface area contributed by atoms with Gasteiger partial charge in [-0.15, -0.1) is 11.3 Å². The Morgan fingerprint density at radius 3 is 2.32 bits per heavy atom. The second-order valence-corrected chi connectivity index (χ2v) is 7.37. The summed E-state index contributed by atoms with van der Waals surface area (Å²) in [5.74, 6) is -0.107. The van der Waals surface area contributed by atoms with Gasteiger partial charge in [-0.25, -0.2) is 0 Å². The third kappa shape index (κ3) is 6.15. The Morgan fingerprint density at radius 1 is 0.821 bits per heavy atom. The van der Waals surface area contributed by atoms with Crippen molar-refractivity contribution in [3.63, 3.8) is 0 Å². The molecule has 2 aromatic carbocycles. The second-order valence-electron chi connectivity index (χ2n) is 6.42. The van der Waals surface area contributed by atoms with Gasteiger partial charge in [-0.1, -0.05) is 60.7 Å². The molecule has 0 saturated carbocycles. The molecule has 0 spiro atoms. The number of thiophene rings is 1. The Labute approximate surface area is 169 Å². The van der Waals surface area contributed by atoms with Crippen LogP contribution >= 0.6 is 11.3 Å². The van der Waals surface area contributed by atoms with Crippen LogP contribution in [0.3, 0.4) is 0 Å². The van der Waals surface area contributed by atoms with Gasteiger partial charge < -0.3 is 10.1 Å². The first-order valence-electron chi connectivity index (χ1n) is 9.24. The highest BCUT2D eigenvalue weighted by molar-refractivity contribution is 7.12. The van der Waals surface area contributed by atoms with Crippen molar-refractivity contribution in [3.05, 3.63) is 93.7 Å². The number of ketones is 1. The fraction of sp³-hybridized carbons (Fsp3) is 0.217. The van der Waals surface area contributed by atoms with Gasteiger partial charge in [0.1, 0.15) is 0 Å².